The Kier molecular flexibility index (Phi) is 7.02. The maximum Gasteiger partial charge on any atom is 0.223 e. The minimum atomic E-state index is 0.298. The van der Waals surface area contributed by atoms with Crippen molar-refractivity contribution in [2.45, 2.75) is 64.5 Å². The topological polar surface area (TPSA) is 32.3 Å². The lowest BCUT2D eigenvalue weighted by atomic mass is 10.1. The lowest BCUT2D eigenvalue weighted by Gasteiger charge is -2.28. The predicted octanol–water partition coefficient (Wildman–Crippen LogP) is 2.72. The first-order valence-electron chi connectivity index (χ1n) is 7.29. The molecule has 1 rings (SSSR count). The summed E-state index contributed by atoms with van der Waals surface area (Å²) in [7, 11) is 0. The first kappa shape index (κ1) is 15.2. The molecule has 0 aromatic carbocycles. The lowest BCUT2D eigenvalue weighted by Crippen LogP contribution is -2.39. The van der Waals surface area contributed by atoms with E-state index in [9.17, 15) is 4.79 Å². The largest absolute Gasteiger partial charge is 0.336 e. The number of carbonyl (C=O) groups is 1. The van der Waals surface area contributed by atoms with E-state index in [2.05, 4.69) is 25.7 Å². The molecule has 1 amide bonds. The van der Waals surface area contributed by atoms with Crippen LogP contribution in [-0.2, 0) is 4.79 Å². The van der Waals surface area contributed by atoms with Gasteiger partial charge in [0.05, 0.1) is 0 Å². The standard InChI is InChI=1S/C15H28N2O/c1-4-12-17(14-8-5-6-9-14)15(18)10-7-11-16-13(2)3/h4,13-14,16H,1,5-12H2,2-3H3. The zero-order valence-electron chi connectivity index (χ0n) is 12.0. The summed E-state index contributed by atoms with van der Waals surface area (Å²) in [5.41, 5.74) is 0. The van der Waals surface area contributed by atoms with Crippen LogP contribution in [0.15, 0.2) is 12.7 Å². The summed E-state index contributed by atoms with van der Waals surface area (Å²) < 4.78 is 0. The van der Waals surface area contributed by atoms with Crippen molar-refractivity contribution in [3.05, 3.63) is 12.7 Å². The van der Waals surface area contributed by atoms with E-state index in [-0.39, 0.29) is 0 Å². The van der Waals surface area contributed by atoms with Crippen LogP contribution in [-0.4, -0.2) is 36.0 Å². The van der Waals surface area contributed by atoms with Crippen LogP contribution in [0.4, 0.5) is 0 Å². The summed E-state index contributed by atoms with van der Waals surface area (Å²) in [5, 5.41) is 3.35. The molecule has 0 bridgehead atoms. The smallest absolute Gasteiger partial charge is 0.223 e. The highest BCUT2D eigenvalue weighted by atomic mass is 16.2. The second kappa shape index (κ2) is 8.30. The Morgan fingerprint density at radius 3 is 2.67 bits per heavy atom. The van der Waals surface area contributed by atoms with Gasteiger partial charge in [0.25, 0.3) is 0 Å². The van der Waals surface area contributed by atoms with E-state index >= 15 is 0 Å². The molecule has 0 saturated heterocycles. The maximum absolute atomic E-state index is 12.2. The fraction of sp³-hybridized carbons (Fsp3) is 0.800. The van der Waals surface area contributed by atoms with Crippen molar-refractivity contribution in [3.8, 4) is 0 Å². The van der Waals surface area contributed by atoms with Gasteiger partial charge in [0.1, 0.15) is 0 Å². The first-order valence-corrected chi connectivity index (χ1v) is 7.29. The molecule has 104 valence electrons. The Morgan fingerprint density at radius 2 is 2.11 bits per heavy atom. The van der Waals surface area contributed by atoms with E-state index in [1.807, 2.05) is 11.0 Å². The first-order chi connectivity index (χ1) is 8.65. The third kappa shape index (κ3) is 5.21. The van der Waals surface area contributed by atoms with E-state index < -0.39 is 0 Å². The third-order valence-electron chi connectivity index (χ3n) is 3.53. The highest BCUT2D eigenvalue weighted by molar-refractivity contribution is 5.76. The Hall–Kier alpha value is -0.830. The number of hydrogen-bond acceptors (Lipinski definition) is 2. The van der Waals surface area contributed by atoms with E-state index in [1.54, 1.807) is 0 Å². The number of carbonyl (C=O) groups excluding carboxylic acids is 1. The van der Waals surface area contributed by atoms with E-state index in [1.165, 1.54) is 25.7 Å². The Balaban J connectivity index is 2.32. The SMILES string of the molecule is C=CCN(C(=O)CCCNC(C)C)C1CCCC1. The molecule has 1 N–H and O–H groups in total. The van der Waals surface area contributed by atoms with Gasteiger partial charge in [0, 0.05) is 25.0 Å². The molecule has 1 aliphatic rings. The summed E-state index contributed by atoms with van der Waals surface area (Å²) in [6.45, 7) is 9.66. The third-order valence-corrected chi connectivity index (χ3v) is 3.53. The average Bonchev–Trinajstić information content (AvgIpc) is 2.84. The fourth-order valence-electron chi connectivity index (χ4n) is 2.58. The van der Waals surface area contributed by atoms with Gasteiger partial charge in [0.15, 0.2) is 0 Å². The van der Waals surface area contributed by atoms with Crippen LogP contribution in [0.2, 0.25) is 0 Å². The number of nitrogens with one attached hydrogen (secondary N) is 1. The Labute approximate surface area is 112 Å². The van der Waals surface area contributed by atoms with E-state index in [0.29, 0.717) is 31.0 Å². The summed E-state index contributed by atoms with van der Waals surface area (Å²) in [6, 6.07) is 0.966. The van der Waals surface area contributed by atoms with Crippen LogP contribution in [0, 0.1) is 0 Å². The number of amides is 1. The highest BCUT2D eigenvalue weighted by Gasteiger charge is 2.25. The minimum absolute atomic E-state index is 0.298. The highest BCUT2D eigenvalue weighted by Crippen LogP contribution is 2.24. The van der Waals surface area contributed by atoms with Crippen molar-refractivity contribution in [2.24, 2.45) is 0 Å². The Bertz CT molecular complexity index is 257. The molecule has 0 unspecified atom stereocenters. The molecule has 0 aromatic rings. The monoisotopic (exact) mass is 252 g/mol. The summed E-state index contributed by atoms with van der Waals surface area (Å²) in [5.74, 6) is 0.298. The van der Waals surface area contributed by atoms with E-state index in [4.69, 9.17) is 0 Å². The number of hydrogen-bond donors (Lipinski definition) is 1. The zero-order chi connectivity index (χ0) is 13.4. The molecule has 1 saturated carbocycles. The molecule has 0 spiro atoms. The van der Waals surface area contributed by atoms with Gasteiger partial charge in [-0.05, 0) is 25.8 Å². The quantitative estimate of drug-likeness (QED) is 0.532. The van der Waals surface area contributed by atoms with Gasteiger partial charge >= 0.3 is 0 Å². The van der Waals surface area contributed by atoms with Crippen molar-refractivity contribution in [2.75, 3.05) is 13.1 Å². The van der Waals surface area contributed by atoms with Crippen LogP contribution >= 0.6 is 0 Å². The van der Waals surface area contributed by atoms with E-state index in [0.717, 1.165) is 13.0 Å². The predicted molar refractivity (Wildman–Crippen MR) is 76.5 cm³/mol. The van der Waals surface area contributed by atoms with Gasteiger partial charge < -0.3 is 10.2 Å². The second-order valence-corrected chi connectivity index (χ2v) is 5.49. The molecule has 0 heterocycles. The van der Waals surface area contributed by atoms with Crippen molar-refractivity contribution in [3.63, 3.8) is 0 Å². The van der Waals surface area contributed by atoms with Gasteiger partial charge in [-0.1, -0.05) is 32.8 Å². The second-order valence-electron chi connectivity index (χ2n) is 5.49. The molecular formula is C15H28N2O. The van der Waals surface area contributed by atoms with Crippen LogP contribution in [0.25, 0.3) is 0 Å². The van der Waals surface area contributed by atoms with Crippen molar-refractivity contribution >= 4 is 5.91 Å². The zero-order valence-corrected chi connectivity index (χ0v) is 12.0. The van der Waals surface area contributed by atoms with Crippen LogP contribution in [0.5, 0.6) is 0 Å². The molecule has 1 fully saturated rings. The molecular weight excluding hydrogens is 224 g/mol. The molecule has 0 atom stereocenters. The fourth-order valence-corrected chi connectivity index (χ4v) is 2.58. The van der Waals surface area contributed by atoms with Crippen LogP contribution in [0.3, 0.4) is 0 Å². The van der Waals surface area contributed by atoms with Crippen molar-refractivity contribution < 1.29 is 4.79 Å². The van der Waals surface area contributed by atoms with Gasteiger partial charge in [-0.25, -0.2) is 0 Å². The lowest BCUT2D eigenvalue weighted by molar-refractivity contribution is -0.132. The van der Waals surface area contributed by atoms with Crippen molar-refractivity contribution in [1.29, 1.82) is 0 Å². The van der Waals surface area contributed by atoms with Gasteiger partial charge in [-0.3, -0.25) is 4.79 Å². The molecule has 3 nitrogen and oxygen atoms in total. The normalized spacial score (nSPS) is 16.2. The summed E-state index contributed by atoms with van der Waals surface area (Å²) >= 11 is 0. The molecule has 0 aliphatic heterocycles. The average molecular weight is 252 g/mol. The summed E-state index contributed by atoms with van der Waals surface area (Å²) in [6.07, 6.45) is 8.30. The molecule has 1 aliphatic carbocycles. The van der Waals surface area contributed by atoms with Crippen molar-refractivity contribution in [1.82, 2.24) is 10.2 Å². The Morgan fingerprint density at radius 1 is 1.44 bits per heavy atom. The van der Waals surface area contributed by atoms with Gasteiger partial charge in [0.2, 0.25) is 5.91 Å². The number of rotatable bonds is 8. The molecule has 18 heavy (non-hydrogen) atoms. The molecule has 0 aromatic heterocycles. The van der Waals surface area contributed by atoms with Gasteiger partial charge in [-0.2, -0.15) is 0 Å². The molecule has 3 heteroatoms. The molecule has 0 radical (unpaired) electrons. The minimum Gasteiger partial charge on any atom is -0.336 e. The van der Waals surface area contributed by atoms with Crippen LogP contribution < -0.4 is 5.32 Å². The maximum atomic E-state index is 12.2. The number of nitrogens with zero attached hydrogens (tertiary/aromatic N) is 1. The van der Waals surface area contributed by atoms with Crippen LogP contribution in [0.1, 0.15) is 52.4 Å². The summed E-state index contributed by atoms with van der Waals surface area (Å²) in [4.78, 5) is 14.3. The van der Waals surface area contributed by atoms with Gasteiger partial charge in [-0.15, -0.1) is 6.58 Å².